The third-order valence-electron chi connectivity index (χ3n) is 2.57. The molecule has 1 fully saturated rings. The third-order valence-corrected chi connectivity index (χ3v) is 3.72. The van der Waals surface area contributed by atoms with E-state index in [1.54, 1.807) is 5.38 Å². The van der Waals surface area contributed by atoms with Crippen LogP contribution in [0.5, 0.6) is 0 Å². The maximum atomic E-state index is 11.4. The van der Waals surface area contributed by atoms with Crippen molar-refractivity contribution in [2.75, 3.05) is 12.5 Å². The number of Topliss-reactive ketones (excluding diaryl/α,β-unsaturated/α-hetero) is 1. The van der Waals surface area contributed by atoms with Crippen molar-refractivity contribution in [3.8, 4) is 0 Å². The first-order valence-corrected chi connectivity index (χ1v) is 6.83. The molecule has 88 valence electrons. The Morgan fingerprint density at radius 2 is 2.50 bits per heavy atom. The average molecular weight is 260 g/mol. The molecule has 0 spiro atoms. The van der Waals surface area contributed by atoms with Crippen LogP contribution in [-0.4, -0.2) is 23.3 Å². The molecule has 1 unspecified atom stereocenters. The van der Waals surface area contributed by atoms with Gasteiger partial charge >= 0.3 is 0 Å². The van der Waals surface area contributed by atoms with E-state index in [9.17, 15) is 4.79 Å². The molecule has 0 aliphatic heterocycles. The molecule has 0 N–H and O–H groups in total. The van der Waals surface area contributed by atoms with Crippen molar-refractivity contribution in [3.63, 3.8) is 0 Å². The van der Waals surface area contributed by atoms with Gasteiger partial charge in [0.15, 0.2) is 5.78 Å². The first kappa shape index (κ1) is 12.0. The lowest BCUT2D eigenvalue weighted by Gasteiger charge is -2.12. The first-order valence-electron chi connectivity index (χ1n) is 5.42. The van der Waals surface area contributed by atoms with Gasteiger partial charge < -0.3 is 4.74 Å². The summed E-state index contributed by atoms with van der Waals surface area (Å²) in [4.78, 5) is 15.7. The predicted molar refractivity (Wildman–Crippen MR) is 64.3 cm³/mol. The molecule has 1 saturated carbocycles. The average Bonchev–Trinajstić information content (AvgIpc) is 3.02. The summed E-state index contributed by atoms with van der Waals surface area (Å²) in [6.45, 7) is 2.66. The Hall–Kier alpha value is -0.450. The van der Waals surface area contributed by atoms with E-state index in [0.29, 0.717) is 18.2 Å². The van der Waals surface area contributed by atoms with Gasteiger partial charge in [0.25, 0.3) is 0 Å². The number of hydrogen-bond donors (Lipinski definition) is 0. The lowest BCUT2D eigenvalue weighted by Crippen LogP contribution is -2.07. The van der Waals surface area contributed by atoms with E-state index >= 15 is 0 Å². The number of rotatable bonds is 6. The van der Waals surface area contributed by atoms with Crippen LogP contribution in [0, 0.1) is 5.92 Å². The van der Waals surface area contributed by atoms with Gasteiger partial charge in [-0.3, -0.25) is 4.79 Å². The summed E-state index contributed by atoms with van der Waals surface area (Å²) in [6.07, 6.45) is 2.47. The van der Waals surface area contributed by atoms with Crippen LogP contribution in [0.15, 0.2) is 5.38 Å². The molecular formula is C11H14ClNO2S. The Morgan fingerprint density at radius 1 is 1.75 bits per heavy atom. The number of carbonyl (C=O) groups is 1. The van der Waals surface area contributed by atoms with Crippen molar-refractivity contribution in [3.05, 3.63) is 16.1 Å². The van der Waals surface area contributed by atoms with Gasteiger partial charge in [-0.1, -0.05) is 0 Å². The van der Waals surface area contributed by atoms with Crippen LogP contribution < -0.4 is 0 Å². The van der Waals surface area contributed by atoms with Crippen LogP contribution in [0.2, 0.25) is 0 Å². The second-order valence-electron chi connectivity index (χ2n) is 3.84. The monoisotopic (exact) mass is 259 g/mol. The third kappa shape index (κ3) is 2.62. The topological polar surface area (TPSA) is 39.2 Å². The molecule has 5 heteroatoms. The van der Waals surface area contributed by atoms with Crippen molar-refractivity contribution in [1.29, 1.82) is 0 Å². The fourth-order valence-electron chi connectivity index (χ4n) is 1.60. The zero-order valence-electron chi connectivity index (χ0n) is 9.11. The minimum atomic E-state index is -0.116. The molecule has 3 nitrogen and oxygen atoms in total. The maximum absolute atomic E-state index is 11.4. The molecule has 1 aromatic heterocycles. The number of ether oxygens (including phenoxy) is 1. The number of hydrogen-bond acceptors (Lipinski definition) is 4. The second kappa shape index (κ2) is 5.25. The fourth-order valence-corrected chi connectivity index (χ4v) is 2.70. The highest BCUT2D eigenvalue weighted by Crippen LogP contribution is 2.44. The van der Waals surface area contributed by atoms with Crippen molar-refractivity contribution in [2.24, 2.45) is 5.92 Å². The molecule has 0 aromatic carbocycles. The Morgan fingerprint density at radius 3 is 3.06 bits per heavy atom. The van der Waals surface area contributed by atoms with E-state index in [1.807, 2.05) is 6.92 Å². The molecule has 1 heterocycles. The zero-order chi connectivity index (χ0) is 11.5. The number of aromatic nitrogens is 1. The number of ketones is 1. The molecule has 0 bridgehead atoms. The lowest BCUT2D eigenvalue weighted by molar-refractivity contribution is 0.0461. The fraction of sp³-hybridized carbons (Fsp3) is 0.636. The van der Waals surface area contributed by atoms with Crippen molar-refractivity contribution in [1.82, 2.24) is 4.98 Å². The Balaban J connectivity index is 2.12. The molecule has 0 saturated heterocycles. The lowest BCUT2D eigenvalue weighted by atomic mass is 10.2. The molecule has 1 atom stereocenters. The van der Waals surface area contributed by atoms with Gasteiger partial charge in [-0.05, 0) is 25.7 Å². The molecule has 1 aromatic rings. The van der Waals surface area contributed by atoms with Gasteiger partial charge in [0.2, 0.25) is 0 Å². The molecule has 16 heavy (non-hydrogen) atoms. The van der Waals surface area contributed by atoms with Crippen LogP contribution in [0.4, 0.5) is 0 Å². The maximum Gasteiger partial charge on any atom is 0.196 e. The van der Waals surface area contributed by atoms with E-state index < -0.39 is 0 Å². The SMILES string of the molecule is CCOC(c1nc(C(=O)CCl)cs1)C1CC1. The molecule has 0 radical (unpaired) electrons. The minimum absolute atomic E-state index is 0.00803. The van der Waals surface area contributed by atoms with Crippen LogP contribution in [0.3, 0.4) is 0 Å². The number of thiazole rings is 1. The van der Waals surface area contributed by atoms with E-state index in [-0.39, 0.29) is 17.8 Å². The van der Waals surface area contributed by atoms with Crippen molar-refractivity contribution >= 4 is 28.7 Å². The number of carbonyl (C=O) groups excluding carboxylic acids is 1. The first-order chi connectivity index (χ1) is 7.76. The summed E-state index contributed by atoms with van der Waals surface area (Å²) in [5.41, 5.74) is 0.473. The quantitative estimate of drug-likeness (QED) is 0.582. The van der Waals surface area contributed by atoms with Gasteiger partial charge in [0.05, 0.1) is 5.88 Å². The molecule has 1 aliphatic rings. The number of nitrogens with zero attached hydrogens (tertiary/aromatic N) is 1. The summed E-state index contributed by atoms with van der Waals surface area (Å²) in [7, 11) is 0. The molecule has 1 aliphatic carbocycles. The number of alkyl halides is 1. The van der Waals surface area contributed by atoms with Gasteiger partial charge in [-0.2, -0.15) is 0 Å². The van der Waals surface area contributed by atoms with Crippen molar-refractivity contribution < 1.29 is 9.53 Å². The highest BCUT2D eigenvalue weighted by atomic mass is 35.5. The Kier molecular flexibility index (Phi) is 3.95. The van der Waals surface area contributed by atoms with Gasteiger partial charge in [-0.25, -0.2) is 4.98 Å². The normalized spacial score (nSPS) is 17.4. The summed E-state index contributed by atoms with van der Waals surface area (Å²) in [5, 5.41) is 2.69. The standard InChI is InChI=1S/C11H14ClNO2S/c1-2-15-10(7-3-4-7)11-13-8(6-16-11)9(14)5-12/h6-7,10H,2-5H2,1H3. The zero-order valence-corrected chi connectivity index (χ0v) is 10.7. The number of halogens is 1. The Bertz CT molecular complexity index is 376. The van der Waals surface area contributed by atoms with Gasteiger partial charge in [0, 0.05) is 12.0 Å². The summed E-state index contributed by atoms with van der Waals surface area (Å²) in [6, 6.07) is 0. The van der Waals surface area contributed by atoms with Crippen LogP contribution in [0.25, 0.3) is 0 Å². The van der Waals surface area contributed by atoms with Crippen LogP contribution in [0.1, 0.15) is 41.4 Å². The van der Waals surface area contributed by atoms with Gasteiger partial charge in [0.1, 0.15) is 16.8 Å². The molecular weight excluding hydrogens is 246 g/mol. The van der Waals surface area contributed by atoms with Crippen LogP contribution >= 0.6 is 22.9 Å². The summed E-state index contributed by atoms with van der Waals surface area (Å²) >= 11 is 6.99. The van der Waals surface area contributed by atoms with E-state index in [0.717, 1.165) is 5.01 Å². The largest absolute Gasteiger partial charge is 0.371 e. The van der Waals surface area contributed by atoms with Crippen molar-refractivity contribution in [2.45, 2.75) is 25.9 Å². The van der Waals surface area contributed by atoms with E-state index in [4.69, 9.17) is 16.3 Å². The predicted octanol–water partition coefficient (Wildman–Crippen LogP) is 3.05. The highest BCUT2D eigenvalue weighted by Gasteiger charge is 2.35. The molecule has 2 rings (SSSR count). The second-order valence-corrected chi connectivity index (χ2v) is 5.00. The van der Waals surface area contributed by atoms with Gasteiger partial charge in [-0.15, -0.1) is 22.9 Å². The van der Waals surface area contributed by atoms with Crippen LogP contribution in [-0.2, 0) is 4.74 Å². The molecule has 0 amide bonds. The minimum Gasteiger partial charge on any atom is -0.371 e. The highest BCUT2D eigenvalue weighted by molar-refractivity contribution is 7.09. The smallest absolute Gasteiger partial charge is 0.196 e. The van der Waals surface area contributed by atoms with E-state index in [2.05, 4.69) is 4.98 Å². The summed E-state index contributed by atoms with van der Waals surface area (Å²) < 4.78 is 5.68. The van der Waals surface area contributed by atoms with E-state index in [1.165, 1.54) is 24.2 Å². The summed E-state index contributed by atoms with van der Waals surface area (Å²) in [5.74, 6) is 0.464. The Labute approximate surface area is 104 Å².